The molecule has 2 aromatic heterocycles. The van der Waals surface area contributed by atoms with E-state index in [0.29, 0.717) is 0 Å². The van der Waals surface area contributed by atoms with Crippen LogP contribution in [0, 0.1) is 0 Å². The maximum Gasteiger partial charge on any atom is 0.0270 e. The fourth-order valence-electron chi connectivity index (χ4n) is 1.98. The van der Waals surface area contributed by atoms with E-state index in [1.165, 1.54) is 11.3 Å². The largest absolute Gasteiger partial charge is 0.351 e. The summed E-state index contributed by atoms with van der Waals surface area (Å²) in [4.78, 5) is 4.03. The average molecular weight is 229 g/mol. The van der Waals surface area contributed by atoms with E-state index in [9.17, 15) is 0 Å². The van der Waals surface area contributed by atoms with Crippen LogP contribution in [0.5, 0.6) is 0 Å². The molecule has 2 aromatic rings. The zero-order valence-corrected chi connectivity index (χ0v) is 10.0. The maximum atomic E-state index is 5.54. The molecule has 0 aromatic carbocycles. The number of nitrogens with zero attached hydrogens (tertiary/aromatic N) is 2. The van der Waals surface area contributed by atoms with E-state index in [1.807, 2.05) is 12.4 Å². The van der Waals surface area contributed by atoms with Crippen molar-refractivity contribution in [1.82, 2.24) is 9.55 Å². The van der Waals surface area contributed by atoms with Gasteiger partial charge in [0, 0.05) is 30.8 Å². The molecule has 0 aliphatic carbocycles. The molecule has 3 heteroatoms. The van der Waals surface area contributed by atoms with Crippen molar-refractivity contribution in [3.05, 3.63) is 54.1 Å². The standard InChI is InChI=1S/C14H19N3/c15-8-1-3-14-4-2-11-17(14)12-7-13-5-9-16-10-6-13/h2,4-6,9-11H,1,3,7-8,12,15H2. The molecule has 2 heterocycles. The minimum atomic E-state index is 0.759. The number of nitrogens with two attached hydrogens (primary N) is 1. The van der Waals surface area contributed by atoms with Gasteiger partial charge in [-0.25, -0.2) is 0 Å². The van der Waals surface area contributed by atoms with Crippen LogP contribution in [0.3, 0.4) is 0 Å². The zero-order valence-electron chi connectivity index (χ0n) is 10.0. The molecule has 3 nitrogen and oxygen atoms in total. The van der Waals surface area contributed by atoms with E-state index in [1.54, 1.807) is 0 Å². The molecule has 0 bridgehead atoms. The molecular weight excluding hydrogens is 210 g/mol. The van der Waals surface area contributed by atoms with Crippen LogP contribution < -0.4 is 5.73 Å². The van der Waals surface area contributed by atoms with E-state index >= 15 is 0 Å². The van der Waals surface area contributed by atoms with Gasteiger partial charge in [-0.3, -0.25) is 4.98 Å². The molecular formula is C14H19N3. The molecule has 0 saturated heterocycles. The highest BCUT2D eigenvalue weighted by Gasteiger charge is 2.00. The first kappa shape index (κ1) is 11.9. The average Bonchev–Trinajstić information content (AvgIpc) is 2.82. The Labute approximate surface area is 102 Å². The first-order chi connectivity index (χ1) is 8.40. The molecule has 0 amide bonds. The van der Waals surface area contributed by atoms with E-state index in [2.05, 4.69) is 40.0 Å². The normalized spacial score (nSPS) is 10.6. The number of aryl methyl sites for hydroxylation is 3. The molecule has 0 saturated carbocycles. The molecule has 0 radical (unpaired) electrons. The lowest BCUT2D eigenvalue weighted by molar-refractivity contribution is 0.649. The fraction of sp³-hybridized carbons (Fsp3) is 0.357. The van der Waals surface area contributed by atoms with Crippen LogP contribution in [0.25, 0.3) is 0 Å². The lowest BCUT2D eigenvalue weighted by atomic mass is 10.2. The monoisotopic (exact) mass is 229 g/mol. The third-order valence-electron chi connectivity index (χ3n) is 2.95. The van der Waals surface area contributed by atoms with Crippen molar-refractivity contribution < 1.29 is 0 Å². The molecule has 2 N–H and O–H groups in total. The van der Waals surface area contributed by atoms with Crippen molar-refractivity contribution in [2.75, 3.05) is 6.54 Å². The van der Waals surface area contributed by atoms with E-state index < -0.39 is 0 Å². The Bertz CT molecular complexity index is 434. The summed E-state index contributed by atoms with van der Waals surface area (Å²) in [5.41, 5.74) is 8.26. The molecule has 17 heavy (non-hydrogen) atoms. The van der Waals surface area contributed by atoms with Crippen LogP contribution in [0.4, 0.5) is 0 Å². The van der Waals surface area contributed by atoms with Crippen molar-refractivity contribution in [3.8, 4) is 0 Å². The summed E-state index contributed by atoms with van der Waals surface area (Å²) in [6, 6.07) is 8.44. The van der Waals surface area contributed by atoms with Crippen LogP contribution in [-0.4, -0.2) is 16.1 Å². The predicted octanol–water partition coefficient (Wildman–Crippen LogP) is 2.02. The summed E-state index contributed by atoms with van der Waals surface area (Å²) in [7, 11) is 0. The lowest BCUT2D eigenvalue weighted by Gasteiger charge is -2.08. The topological polar surface area (TPSA) is 43.8 Å². The zero-order chi connectivity index (χ0) is 11.9. The van der Waals surface area contributed by atoms with Gasteiger partial charge in [-0.15, -0.1) is 0 Å². The SMILES string of the molecule is NCCCc1cccn1CCc1ccncc1. The summed E-state index contributed by atoms with van der Waals surface area (Å²) in [6.45, 7) is 1.78. The number of hydrogen-bond donors (Lipinski definition) is 1. The summed E-state index contributed by atoms with van der Waals surface area (Å²) in [6.07, 6.45) is 9.01. The first-order valence-corrected chi connectivity index (χ1v) is 6.13. The number of rotatable bonds is 6. The highest BCUT2D eigenvalue weighted by atomic mass is 15.0. The van der Waals surface area contributed by atoms with Crippen molar-refractivity contribution in [2.45, 2.75) is 25.8 Å². The summed E-state index contributed by atoms with van der Waals surface area (Å²) >= 11 is 0. The van der Waals surface area contributed by atoms with Crippen molar-refractivity contribution >= 4 is 0 Å². The van der Waals surface area contributed by atoms with Crippen LogP contribution in [0.15, 0.2) is 42.9 Å². The van der Waals surface area contributed by atoms with E-state index in [-0.39, 0.29) is 0 Å². The van der Waals surface area contributed by atoms with Gasteiger partial charge >= 0.3 is 0 Å². The van der Waals surface area contributed by atoms with Crippen molar-refractivity contribution in [1.29, 1.82) is 0 Å². The summed E-state index contributed by atoms with van der Waals surface area (Å²) in [5, 5.41) is 0. The Morgan fingerprint density at radius 2 is 1.94 bits per heavy atom. The van der Waals surface area contributed by atoms with Gasteiger partial charge in [0.15, 0.2) is 0 Å². The Balaban J connectivity index is 1.92. The van der Waals surface area contributed by atoms with Gasteiger partial charge in [0.1, 0.15) is 0 Å². The lowest BCUT2D eigenvalue weighted by Crippen LogP contribution is -2.07. The van der Waals surface area contributed by atoms with Gasteiger partial charge in [-0.1, -0.05) is 0 Å². The third-order valence-corrected chi connectivity index (χ3v) is 2.95. The minimum absolute atomic E-state index is 0.759. The molecule has 2 rings (SSSR count). The highest BCUT2D eigenvalue weighted by Crippen LogP contribution is 2.07. The highest BCUT2D eigenvalue weighted by molar-refractivity contribution is 5.11. The Morgan fingerprint density at radius 1 is 1.12 bits per heavy atom. The third kappa shape index (κ3) is 3.43. The minimum Gasteiger partial charge on any atom is -0.351 e. The number of pyridine rings is 1. The van der Waals surface area contributed by atoms with E-state index in [0.717, 1.165) is 32.4 Å². The molecule has 0 aliphatic rings. The Hall–Kier alpha value is -1.61. The second kappa shape index (κ2) is 6.21. The maximum absolute atomic E-state index is 5.54. The van der Waals surface area contributed by atoms with Crippen molar-refractivity contribution in [2.24, 2.45) is 5.73 Å². The van der Waals surface area contributed by atoms with Gasteiger partial charge in [0.05, 0.1) is 0 Å². The summed E-state index contributed by atoms with van der Waals surface area (Å²) < 4.78 is 2.32. The number of aromatic nitrogens is 2. The van der Waals surface area contributed by atoms with Crippen molar-refractivity contribution in [3.63, 3.8) is 0 Å². The van der Waals surface area contributed by atoms with E-state index in [4.69, 9.17) is 5.73 Å². The van der Waals surface area contributed by atoms with Gasteiger partial charge in [-0.2, -0.15) is 0 Å². The molecule has 0 unspecified atom stereocenters. The second-order valence-corrected chi connectivity index (χ2v) is 4.19. The van der Waals surface area contributed by atoms with Gasteiger partial charge < -0.3 is 10.3 Å². The molecule has 0 aliphatic heterocycles. The van der Waals surface area contributed by atoms with Gasteiger partial charge in [-0.05, 0) is 55.6 Å². The molecule has 90 valence electrons. The molecule has 0 fully saturated rings. The number of hydrogen-bond acceptors (Lipinski definition) is 2. The first-order valence-electron chi connectivity index (χ1n) is 6.13. The van der Waals surface area contributed by atoms with Crippen LogP contribution in [0.2, 0.25) is 0 Å². The second-order valence-electron chi connectivity index (χ2n) is 4.19. The van der Waals surface area contributed by atoms with Gasteiger partial charge in [0.25, 0.3) is 0 Å². The van der Waals surface area contributed by atoms with Crippen LogP contribution in [-0.2, 0) is 19.4 Å². The molecule has 0 spiro atoms. The molecule has 0 atom stereocenters. The Kier molecular flexibility index (Phi) is 4.33. The smallest absolute Gasteiger partial charge is 0.0270 e. The quantitative estimate of drug-likeness (QED) is 0.823. The summed E-state index contributed by atoms with van der Waals surface area (Å²) in [5.74, 6) is 0. The Morgan fingerprint density at radius 3 is 2.71 bits per heavy atom. The van der Waals surface area contributed by atoms with Crippen LogP contribution in [0.1, 0.15) is 17.7 Å². The van der Waals surface area contributed by atoms with Crippen LogP contribution >= 0.6 is 0 Å². The fourth-order valence-corrected chi connectivity index (χ4v) is 1.98. The predicted molar refractivity (Wildman–Crippen MR) is 69.7 cm³/mol. The van der Waals surface area contributed by atoms with Gasteiger partial charge in [0.2, 0.25) is 0 Å².